The Morgan fingerprint density at radius 2 is 1.31 bits per heavy atom. The smallest absolute Gasteiger partial charge is 0.316 e. The average Bonchev–Trinajstić information content (AvgIpc) is 2.71. The number of hydrogen-bond donors (Lipinski definition) is 0. The van der Waals surface area contributed by atoms with Crippen LogP contribution in [0.25, 0.3) is 0 Å². The highest BCUT2D eigenvalue weighted by Gasteiger charge is 2.20. The van der Waals surface area contributed by atoms with Crippen LogP contribution in [0.4, 0.5) is 0 Å². The van der Waals surface area contributed by atoms with Crippen molar-refractivity contribution in [1.82, 2.24) is 0 Å². The molecule has 0 N–H and O–H groups in total. The monoisotopic (exact) mass is 408 g/mol. The molecule has 0 aromatic rings. The predicted molar refractivity (Wildman–Crippen MR) is 120 cm³/mol. The third-order valence-corrected chi connectivity index (χ3v) is 5.32. The van der Waals surface area contributed by atoms with E-state index in [0.717, 1.165) is 32.0 Å². The van der Waals surface area contributed by atoms with E-state index in [0.29, 0.717) is 25.7 Å². The number of hydrogen-bond acceptors (Lipinski definition) is 4. The molecular formula is C25H44O4. The molecule has 0 aliphatic carbocycles. The van der Waals surface area contributed by atoms with Crippen LogP contribution >= 0.6 is 0 Å². The lowest BCUT2D eigenvalue weighted by atomic mass is 10.0. The minimum Gasteiger partial charge on any atom is -0.393 e. The Kier molecular flexibility index (Phi) is 20.2. The molecule has 168 valence electrons. The highest BCUT2D eigenvalue weighted by Crippen LogP contribution is 2.14. The lowest BCUT2D eigenvalue weighted by Gasteiger charge is -2.11. The first-order valence-corrected chi connectivity index (χ1v) is 12.0. The van der Waals surface area contributed by atoms with Crippen molar-refractivity contribution in [3.05, 3.63) is 12.2 Å². The normalized spacial score (nSPS) is 12.2. The van der Waals surface area contributed by atoms with Gasteiger partial charge in [0.1, 0.15) is 6.29 Å². The largest absolute Gasteiger partial charge is 0.393 e. The number of unbranched alkanes of at least 4 members (excludes halogenated alkanes) is 11. The van der Waals surface area contributed by atoms with Gasteiger partial charge in [-0.15, -0.1) is 0 Å². The fourth-order valence-corrected chi connectivity index (χ4v) is 3.34. The Bertz CT molecular complexity index is 442. The molecule has 0 saturated heterocycles. The summed E-state index contributed by atoms with van der Waals surface area (Å²) in [4.78, 5) is 34.1. The zero-order valence-electron chi connectivity index (χ0n) is 19.0. The zero-order chi connectivity index (χ0) is 21.6. The Hall–Kier alpha value is -1.45. The van der Waals surface area contributed by atoms with Crippen molar-refractivity contribution >= 4 is 18.2 Å². The maximum atomic E-state index is 11.9. The quantitative estimate of drug-likeness (QED) is 0.0708. The second-order valence-electron chi connectivity index (χ2n) is 7.98. The van der Waals surface area contributed by atoms with Gasteiger partial charge in [0.2, 0.25) is 0 Å². The first-order valence-electron chi connectivity index (χ1n) is 12.0. The first-order chi connectivity index (χ1) is 14.2. The van der Waals surface area contributed by atoms with Crippen LogP contribution in [0.3, 0.4) is 0 Å². The van der Waals surface area contributed by atoms with E-state index >= 15 is 0 Å². The summed E-state index contributed by atoms with van der Waals surface area (Å²) in [5, 5.41) is 0. The zero-order valence-corrected chi connectivity index (χ0v) is 19.0. The van der Waals surface area contributed by atoms with Gasteiger partial charge in [0, 0.05) is 12.8 Å². The van der Waals surface area contributed by atoms with Crippen LogP contribution in [0.15, 0.2) is 12.2 Å². The van der Waals surface area contributed by atoms with E-state index in [1.807, 2.05) is 6.92 Å². The Balaban J connectivity index is 3.51. The lowest BCUT2D eigenvalue weighted by Crippen LogP contribution is -2.21. The molecule has 0 aromatic carbocycles. The molecule has 0 aromatic heterocycles. The molecule has 1 atom stereocenters. The molecule has 29 heavy (non-hydrogen) atoms. The fraction of sp³-hybridized carbons (Fsp3) is 0.800. The summed E-state index contributed by atoms with van der Waals surface area (Å²) in [6.45, 7) is 4.12. The van der Waals surface area contributed by atoms with Gasteiger partial charge in [-0.1, -0.05) is 77.4 Å². The number of allylic oxidation sites excluding steroid dienone is 2. The van der Waals surface area contributed by atoms with Crippen molar-refractivity contribution in [1.29, 1.82) is 0 Å². The second kappa shape index (κ2) is 21.3. The van der Waals surface area contributed by atoms with Gasteiger partial charge in [0.05, 0.1) is 5.92 Å². The molecule has 0 radical (unpaired) electrons. The lowest BCUT2D eigenvalue weighted by molar-refractivity contribution is -0.163. The molecule has 0 aliphatic rings. The Labute approximate surface area is 178 Å². The molecule has 1 unspecified atom stereocenters. The maximum absolute atomic E-state index is 11.9. The highest BCUT2D eigenvalue weighted by atomic mass is 16.6. The van der Waals surface area contributed by atoms with E-state index in [1.54, 1.807) is 0 Å². The van der Waals surface area contributed by atoms with Gasteiger partial charge < -0.3 is 9.53 Å². The van der Waals surface area contributed by atoms with Crippen molar-refractivity contribution in [3.8, 4) is 0 Å². The van der Waals surface area contributed by atoms with Crippen LogP contribution in [0, 0.1) is 5.92 Å². The van der Waals surface area contributed by atoms with Crippen LogP contribution in [0.2, 0.25) is 0 Å². The molecule has 0 rings (SSSR count). The number of carbonyl (C=O) groups is 3. The van der Waals surface area contributed by atoms with Crippen LogP contribution in [0.1, 0.15) is 123 Å². The molecule has 0 heterocycles. The standard InChI is InChI=1S/C25H44O4/c1-3-5-6-7-8-9-10-11-12-13-14-15-16-17-18-21-24(27)29-25(28)23(4-2)20-19-22-26/h11-12,22-23H,3-10,13-21H2,1-2H3. The van der Waals surface area contributed by atoms with E-state index in [4.69, 9.17) is 4.74 Å². The fourth-order valence-electron chi connectivity index (χ4n) is 3.34. The topological polar surface area (TPSA) is 60.4 Å². The van der Waals surface area contributed by atoms with Crippen LogP contribution < -0.4 is 0 Å². The maximum Gasteiger partial charge on any atom is 0.316 e. The van der Waals surface area contributed by atoms with Gasteiger partial charge in [0.15, 0.2) is 0 Å². The predicted octanol–water partition coefficient (Wildman–Crippen LogP) is 7.10. The first kappa shape index (κ1) is 27.5. The minimum atomic E-state index is -0.480. The molecule has 0 saturated carbocycles. The third kappa shape index (κ3) is 18.3. The average molecular weight is 409 g/mol. The summed E-state index contributed by atoms with van der Waals surface area (Å²) in [6, 6.07) is 0. The van der Waals surface area contributed by atoms with Crippen molar-refractivity contribution < 1.29 is 19.1 Å². The molecule has 4 nitrogen and oxygen atoms in total. The van der Waals surface area contributed by atoms with Crippen LogP contribution in [-0.4, -0.2) is 18.2 Å². The summed E-state index contributed by atoms with van der Waals surface area (Å²) in [6.07, 6.45) is 22.8. The van der Waals surface area contributed by atoms with Crippen molar-refractivity contribution in [2.75, 3.05) is 0 Å². The summed E-state index contributed by atoms with van der Waals surface area (Å²) in [5.74, 6) is -1.26. The van der Waals surface area contributed by atoms with Gasteiger partial charge in [-0.25, -0.2) is 0 Å². The molecule has 0 fully saturated rings. The van der Waals surface area contributed by atoms with E-state index in [1.165, 1.54) is 57.8 Å². The van der Waals surface area contributed by atoms with E-state index in [-0.39, 0.29) is 5.92 Å². The van der Waals surface area contributed by atoms with Gasteiger partial charge in [-0.3, -0.25) is 9.59 Å². The summed E-state index contributed by atoms with van der Waals surface area (Å²) >= 11 is 0. The summed E-state index contributed by atoms with van der Waals surface area (Å²) < 4.78 is 4.92. The van der Waals surface area contributed by atoms with Crippen LogP contribution in [0.5, 0.6) is 0 Å². The Morgan fingerprint density at radius 1 is 0.759 bits per heavy atom. The summed E-state index contributed by atoms with van der Waals surface area (Å²) in [5.41, 5.74) is 0. The van der Waals surface area contributed by atoms with Gasteiger partial charge >= 0.3 is 11.9 Å². The summed E-state index contributed by atoms with van der Waals surface area (Å²) in [7, 11) is 0. The number of carbonyl (C=O) groups excluding carboxylic acids is 3. The molecular weight excluding hydrogens is 364 g/mol. The molecule has 0 amide bonds. The minimum absolute atomic E-state index is 0.300. The second-order valence-corrected chi connectivity index (χ2v) is 7.98. The number of ether oxygens (including phenoxy) is 1. The third-order valence-electron chi connectivity index (χ3n) is 5.32. The van der Waals surface area contributed by atoms with Gasteiger partial charge in [-0.2, -0.15) is 0 Å². The molecule has 0 bridgehead atoms. The van der Waals surface area contributed by atoms with Crippen LogP contribution in [-0.2, 0) is 19.1 Å². The molecule has 0 aliphatic heterocycles. The van der Waals surface area contributed by atoms with Crippen molar-refractivity contribution in [2.24, 2.45) is 5.92 Å². The number of rotatable bonds is 20. The van der Waals surface area contributed by atoms with Crippen molar-refractivity contribution in [2.45, 2.75) is 123 Å². The van der Waals surface area contributed by atoms with Gasteiger partial charge in [0.25, 0.3) is 0 Å². The van der Waals surface area contributed by atoms with Gasteiger partial charge in [-0.05, 0) is 44.9 Å². The number of aldehydes is 1. The SMILES string of the molecule is CCCCCCCCC=CCCCCCCCC(=O)OC(=O)C(CC)CCC=O. The number of esters is 2. The van der Waals surface area contributed by atoms with E-state index in [9.17, 15) is 14.4 Å². The van der Waals surface area contributed by atoms with E-state index < -0.39 is 11.9 Å². The highest BCUT2D eigenvalue weighted by molar-refractivity contribution is 5.86. The molecule has 0 spiro atoms. The van der Waals surface area contributed by atoms with E-state index in [2.05, 4.69) is 19.1 Å². The van der Waals surface area contributed by atoms with Crippen molar-refractivity contribution in [3.63, 3.8) is 0 Å². The molecule has 4 heteroatoms. The Morgan fingerprint density at radius 3 is 1.86 bits per heavy atom.